The summed E-state index contributed by atoms with van der Waals surface area (Å²) in [5.41, 5.74) is 7.75. The van der Waals surface area contributed by atoms with E-state index in [-0.39, 0.29) is 24.0 Å². The minimum absolute atomic E-state index is 0.123. The lowest BCUT2D eigenvalue weighted by molar-refractivity contribution is -0.0776. The Kier molecular flexibility index (Phi) is 7.33. The highest BCUT2D eigenvalue weighted by atomic mass is 16.3. The zero-order valence-corrected chi connectivity index (χ0v) is 15.8. The second kappa shape index (κ2) is 8.82. The lowest BCUT2D eigenvalue weighted by Crippen LogP contribution is -2.50. The topological polar surface area (TPSA) is 66.5 Å². The van der Waals surface area contributed by atoms with Gasteiger partial charge in [-0.3, -0.25) is 0 Å². The van der Waals surface area contributed by atoms with Crippen LogP contribution in [0.1, 0.15) is 71.6 Å². The van der Waals surface area contributed by atoms with Gasteiger partial charge in [0, 0.05) is 6.61 Å². The highest BCUT2D eigenvalue weighted by Crippen LogP contribution is 2.54. The van der Waals surface area contributed by atoms with Crippen molar-refractivity contribution in [1.29, 1.82) is 0 Å². The van der Waals surface area contributed by atoms with Crippen LogP contribution >= 0.6 is 0 Å². The molecule has 0 aliphatic heterocycles. The first-order chi connectivity index (χ1) is 11.5. The largest absolute Gasteiger partial charge is 0.396 e. The van der Waals surface area contributed by atoms with E-state index in [1.54, 1.807) is 0 Å². The van der Waals surface area contributed by atoms with Gasteiger partial charge in [-0.05, 0) is 80.6 Å². The molecule has 0 radical (unpaired) electrons. The minimum atomic E-state index is -0.237. The predicted octanol–water partition coefficient (Wildman–Crippen LogP) is 3.88. The first-order valence-corrected chi connectivity index (χ1v) is 10.1. The number of nitrogens with two attached hydrogens (primary N) is 1. The molecule has 0 bridgehead atoms. The van der Waals surface area contributed by atoms with Crippen molar-refractivity contribution in [2.75, 3.05) is 13.2 Å². The quantitative estimate of drug-likeness (QED) is 0.618. The second-order valence-electron chi connectivity index (χ2n) is 8.65. The highest BCUT2D eigenvalue weighted by Gasteiger charge is 2.49. The Bertz CT molecular complexity index is 411. The van der Waals surface area contributed by atoms with Crippen LogP contribution in [0.4, 0.5) is 0 Å². The van der Waals surface area contributed by atoms with Crippen LogP contribution in [-0.4, -0.2) is 29.5 Å². The van der Waals surface area contributed by atoms with Crippen molar-refractivity contribution in [1.82, 2.24) is 0 Å². The number of allylic oxidation sites excluding steroid dienone is 1. The maximum atomic E-state index is 10.0. The fraction of sp³-hybridized carbons (Fsp3) is 0.905. The Morgan fingerprint density at radius 2 is 2.04 bits per heavy atom. The van der Waals surface area contributed by atoms with Gasteiger partial charge in [0.05, 0.1) is 6.10 Å². The standard InChI is InChI=1S/C21H39NO2/c1-4-15(2)8-9-16-6-5-7-20(19(16)13-22)21(3)11-10-18(24)12-17(21)14-23/h16-20,23-24H,2,4-14,22H2,1,3H3/t16-,17+,18-,19-,20-,21-/m0/s1. The molecule has 2 saturated carbocycles. The van der Waals surface area contributed by atoms with Crippen LogP contribution in [0, 0.1) is 29.1 Å². The zero-order chi connectivity index (χ0) is 17.7. The van der Waals surface area contributed by atoms with Crippen molar-refractivity contribution in [2.24, 2.45) is 34.8 Å². The van der Waals surface area contributed by atoms with Crippen molar-refractivity contribution >= 4 is 0 Å². The van der Waals surface area contributed by atoms with Gasteiger partial charge in [0.1, 0.15) is 0 Å². The number of rotatable bonds is 7. The molecule has 0 heterocycles. The molecule has 0 spiro atoms. The Balaban J connectivity index is 2.13. The molecule has 2 fully saturated rings. The molecular weight excluding hydrogens is 298 g/mol. The van der Waals surface area contributed by atoms with Crippen molar-refractivity contribution in [3.05, 3.63) is 12.2 Å². The summed E-state index contributed by atoms with van der Waals surface area (Å²) in [5.74, 6) is 2.04. The molecule has 2 aliphatic rings. The molecule has 0 aromatic heterocycles. The molecule has 2 rings (SSSR count). The van der Waals surface area contributed by atoms with E-state index in [0.717, 1.165) is 38.6 Å². The fourth-order valence-electron chi connectivity index (χ4n) is 5.63. The van der Waals surface area contributed by atoms with E-state index in [9.17, 15) is 10.2 Å². The van der Waals surface area contributed by atoms with E-state index in [4.69, 9.17) is 5.73 Å². The van der Waals surface area contributed by atoms with Crippen molar-refractivity contribution in [3.8, 4) is 0 Å². The third-order valence-electron chi connectivity index (χ3n) is 7.43. The summed E-state index contributed by atoms with van der Waals surface area (Å²) in [4.78, 5) is 0. The Hall–Kier alpha value is -0.380. The molecule has 24 heavy (non-hydrogen) atoms. The molecule has 2 aliphatic carbocycles. The Labute approximate surface area is 148 Å². The monoisotopic (exact) mass is 337 g/mol. The minimum Gasteiger partial charge on any atom is -0.396 e. The van der Waals surface area contributed by atoms with Gasteiger partial charge in [-0.25, -0.2) is 0 Å². The number of hydrogen-bond donors (Lipinski definition) is 3. The van der Waals surface area contributed by atoms with Crippen molar-refractivity contribution in [3.63, 3.8) is 0 Å². The van der Waals surface area contributed by atoms with E-state index < -0.39 is 0 Å². The third-order valence-corrected chi connectivity index (χ3v) is 7.43. The molecule has 140 valence electrons. The normalized spacial score (nSPS) is 40.5. The molecule has 0 aromatic carbocycles. The molecule has 0 unspecified atom stereocenters. The lowest BCUT2D eigenvalue weighted by Gasteiger charge is -2.53. The summed E-state index contributed by atoms with van der Waals surface area (Å²) in [5, 5.41) is 20.0. The van der Waals surface area contributed by atoms with Gasteiger partial charge in [-0.2, -0.15) is 0 Å². The maximum Gasteiger partial charge on any atom is 0.0544 e. The van der Waals surface area contributed by atoms with Gasteiger partial charge in [0.15, 0.2) is 0 Å². The molecule has 6 atom stereocenters. The molecule has 3 nitrogen and oxygen atoms in total. The zero-order valence-electron chi connectivity index (χ0n) is 15.8. The summed E-state index contributed by atoms with van der Waals surface area (Å²) in [6, 6.07) is 0. The summed E-state index contributed by atoms with van der Waals surface area (Å²) >= 11 is 0. The number of aliphatic hydroxyl groups is 2. The van der Waals surface area contributed by atoms with Gasteiger partial charge < -0.3 is 15.9 Å². The van der Waals surface area contributed by atoms with Crippen LogP contribution in [0.2, 0.25) is 0 Å². The fourth-order valence-corrected chi connectivity index (χ4v) is 5.63. The molecule has 3 heteroatoms. The van der Waals surface area contributed by atoms with Crippen LogP contribution < -0.4 is 5.73 Å². The first-order valence-electron chi connectivity index (χ1n) is 10.1. The van der Waals surface area contributed by atoms with E-state index in [2.05, 4.69) is 20.4 Å². The van der Waals surface area contributed by atoms with Gasteiger partial charge in [0.25, 0.3) is 0 Å². The summed E-state index contributed by atoms with van der Waals surface area (Å²) in [6.45, 7) is 9.67. The van der Waals surface area contributed by atoms with Gasteiger partial charge in [0.2, 0.25) is 0 Å². The van der Waals surface area contributed by atoms with E-state index in [0.29, 0.717) is 17.8 Å². The van der Waals surface area contributed by atoms with Crippen LogP contribution in [0.3, 0.4) is 0 Å². The lowest BCUT2D eigenvalue weighted by atomic mass is 9.52. The van der Waals surface area contributed by atoms with Crippen molar-refractivity contribution < 1.29 is 10.2 Å². The number of hydrogen-bond acceptors (Lipinski definition) is 3. The molecule has 0 amide bonds. The predicted molar refractivity (Wildman–Crippen MR) is 101 cm³/mol. The smallest absolute Gasteiger partial charge is 0.0544 e. The number of aliphatic hydroxyl groups excluding tert-OH is 2. The molecule has 0 aromatic rings. The van der Waals surface area contributed by atoms with Gasteiger partial charge in [-0.1, -0.05) is 38.8 Å². The summed E-state index contributed by atoms with van der Waals surface area (Å²) in [6.07, 6.45) is 9.63. The first kappa shape index (κ1) is 19.9. The van der Waals surface area contributed by atoms with E-state index >= 15 is 0 Å². The Morgan fingerprint density at radius 1 is 1.29 bits per heavy atom. The second-order valence-corrected chi connectivity index (χ2v) is 8.65. The van der Waals surface area contributed by atoms with Crippen LogP contribution in [0.5, 0.6) is 0 Å². The van der Waals surface area contributed by atoms with E-state index in [1.807, 2.05) is 0 Å². The van der Waals surface area contributed by atoms with Crippen LogP contribution in [0.25, 0.3) is 0 Å². The SMILES string of the molecule is C=C(CC)CC[C@@H]1CCC[C@H]([C@@]2(C)CC[C@H](O)C[C@@H]2CO)[C@H]1CN. The molecular formula is C21H39NO2. The molecule has 0 saturated heterocycles. The van der Waals surface area contributed by atoms with Crippen LogP contribution in [0.15, 0.2) is 12.2 Å². The molecule has 4 N–H and O–H groups in total. The summed E-state index contributed by atoms with van der Waals surface area (Å²) in [7, 11) is 0. The Morgan fingerprint density at radius 3 is 2.67 bits per heavy atom. The maximum absolute atomic E-state index is 10.0. The van der Waals surface area contributed by atoms with E-state index in [1.165, 1.54) is 31.3 Å². The van der Waals surface area contributed by atoms with Gasteiger partial charge in [-0.15, -0.1) is 0 Å². The highest BCUT2D eigenvalue weighted by molar-refractivity contribution is 5.00. The average molecular weight is 338 g/mol. The summed E-state index contributed by atoms with van der Waals surface area (Å²) < 4.78 is 0. The van der Waals surface area contributed by atoms with Crippen LogP contribution in [-0.2, 0) is 0 Å². The van der Waals surface area contributed by atoms with Gasteiger partial charge >= 0.3 is 0 Å². The average Bonchev–Trinajstić information content (AvgIpc) is 2.61. The van der Waals surface area contributed by atoms with Crippen molar-refractivity contribution in [2.45, 2.75) is 77.7 Å². The third kappa shape index (κ3) is 4.23.